The highest BCUT2D eigenvalue weighted by atomic mass is 35.5. The molecule has 1 heterocycles. The molecule has 0 radical (unpaired) electrons. The summed E-state index contributed by atoms with van der Waals surface area (Å²) in [6.45, 7) is 8.24. The normalized spacial score (nSPS) is 10.9. The number of likely N-dealkylation sites (N-methyl/N-ethyl adjacent to an activating group) is 1. The van der Waals surface area contributed by atoms with Gasteiger partial charge >= 0.3 is 0 Å². The van der Waals surface area contributed by atoms with Crippen molar-refractivity contribution in [3.8, 4) is 0 Å². The molecule has 4 nitrogen and oxygen atoms in total. The molecule has 0 aliphatic rings. The number of nitrogens with zero attached hydrogens (tertiary/aromatic N) is 3. The van der Waals surface area contributed by atoms with E-state index >= 15 is 0 Å². The SMILES string of the molecule is CCCN(CC)CCNc1nc(Cl)ncc1Cl. The molecule has 1 rings (SSSR count). The molecule has 0 unspecified atom stereocenters. The summed E-state index contributed by atoms with van der Waals surface area (Å²) in [5.41, 5.74) is 0. The Morgan fingerprint density at radius 2 is 2.06 bits per heavy atom. The van der Waals surface area contributed by atoms with Crippen molar-refractivity contribution in [1.82, 2.24) is 14.9 Å². The van der Waals surface area contributed by atoms with Gasteiger partial charge < -0.3 is 10.2 Å². The molecule has 1 N–H and O–H groups in total. The van der Waals surface area contributed by atoms with Crippen molar-refractivity contribution in [3.63, 3.8) is 0 Å². The third-order valence-electron chi connectivity index (χ3n) is 2.42. The van der Waals surface area contributed by atoms with Crippen LogP contribution in [-0.2, 0) is 0 Å². The number of nitrogens with one attached hydrogen (secondary N) is 1. The lowest BCUT2D eigenvalue weighted by Gasteiger charge is -2.19. The zero-order chi connectivity index (χ0) is 12.7. The first-order chi connectivity index (χ1) is 8.17. The Morgan fingerprint density at radius 3 is 2.71 bits per heavy atom. The molecule has 0 saturated heterocycles. The van der Waals surface area contributed by atoms with Crippen molar-refractivity contribution in [2.45, 2.75) is 20.3 Å². The van der Waals surface area contributed by atoms with Crippen LogP contribution in [0.3, 0.4) is 0 Å². The van der Waals surface area contributed by atoms with E-state index in [9.17, 15) is 0 Å². The van der Waals surface area contributed by atoms with E-state index in [2.05, 4.69) is 34.0 Å². The van der Waals surface area contributed by atoms with Crippen LogP contribution in [0, 0.1) is 0 Å². The highest BCUT2D eigenvalue weighted by Crippen LogP contribution is 2.18. The van der Waals surface area contributed by atoms with E-state index in [0.29, 0.717) is 10.8 Å². The Hall–Kier alpha value is -0.580. The summed E-state index contributed by atoms with van der Waals surface area (Å²) in [5, 5.41) is 3.87. The molecule has 0 aliphatic heterocycles. The standard InChI is InChI=1S/C11H18Cl2N4/c1-3-6-17(4-2)7-5-14-10-9(12)8-15-11(13)16-10/h8H,3-7H2,1-2H3,(H,14,15,16). The summed E-state index contributed by atoms with van der Waals surface area (Å²) in [4.78, 5) is 10.2. The van der Waals surface area contributed by atoms with Crippen LogP contribution in [-0.4, -0.2) is 41.0 Å². The van der Waals surface area contributed by atoms with Crippen LogP contribution in [0.25, 0.3) is 0 Å². The summed E-state index contributed by atoms with van der Waals surface area (Å²) in [7, 11) is 0. The quantitative estimate of drug-likeness (QED) is 0.778. The van der Waals surface area contributed by atoms with Crippen molar-refractivity contribution in [3.05, 3.63) is 16.5 Å². The molecule has 0 saturated carbocycles. The smallest absolute Gasteiger partial charge is 0.224 e. The molecule has 1 aromatic heterocycles. The molecular weight excluding hydrogens is 259 g/mol. The summed E-state index contributed by atoms with van der Waals surface area (Å²) >= 11 is 11.7. The van der Waals surface area contributed by atoms with Gasteiger partial charge in [0.1, 0.15) is 10.8 Å². The third kappa shape index (κ3) is 5.06. The van der Waals surface area contributed by atoms with Gasteiger partial charge in [0.15, 0.2) is 0 Å². The maximum atomic E-state index is 5.95. The van der Waals surface area contributed by atoms with Crippen LogP contribution < -0.4 is 5.32 Å². The first-order valence-electron chi connectivity index (χ1n) is 5.81. The van der Waals surface area contributed by atoms with Gasteiger partial charge in [0.2, 0.25) is 5.28 Å². The first kappa shape index (κ1) is 14.5. The van der Waals surface area contributed by atoms with E-state index in [-0.39, 0.29) is 5.28 Å². The Labute approximate surface area is 112 Å². The van der Waals surface area contributed by atoms with Gasteiger partial charge in [-0.1, -0.05) is 25.4 Å². The Morgan fingerprint density at radius 1 is 1.29 bits per heavy atom. The minimum absolute atomic E-state index is 0.206. The van der Waals surface area contributed by atoms with Crippen molar-refractivity contribution < 1.29 is 0 Å². The predicted octanol–water partition coefficient (Wildman–Crippen LogP) is 2.93. The van der Waals surface area contributed by atoms with Gasteiger partial charge in [-0.05, 0) is 31.1 Å². The second-order valence-electron chi connectivity index (χ2n) is 3.70. The number of aromatic nitrogens is 2. The minimum Gasteiger partial charge on any atom is -0.367 e. The topological polar surface area (TPSA) is 41.0 Å². The van der Waals surface area contributed by atoms with Crippen molar-refractivity contribution in [2.75, 3.05) is 31.5 Å². The molecule has 0 aromatic carbocycles. The van der Waals surface area contributed by atoms with Gasteiger partial charge in [-0.15, -0.1) is 0 Å². The number of halogens is 2. The molecule has 0 aliphatic carbocycles. The summed E-state index contributed by atoms with van der Waals surface area (Å²) in [6, 6.07) is 0. The summed E-state index contributed by atoms with van der Waals surface area (Å²) in [6.07, 6.45) is 2.66. The Bertz CT molecular complexity index is 346. The van der Waals surface area contributed by atoms with E-state index in [1.54, 1.807) is 0 Å². The fraction of sp³-hybridized carbons (Fsp3) is 0.636. The predicted molar refractivity (Wildman–Crippen MR) is 72.9 cm³/mol. The molecule has 96 valence electrons. The molecule has 0 fully saturated rings. The highest BCUT2D eigenvalue weighted by Gasteiger charge is 2.05. The van der Waals surface area contributed by atoms with Crippen LogP contribution in [0.4, 0.5) is 5.82 Å². The lowest BCUT2D eigenvalue weighted by molar-refractivity contribution is 0.300. The van der Waals surface area contributed by atoms with Gasteiger partial charge in [-0.3, -0.25) is 0 Å². The lowest BCUT2D eigenvalue weighted by Crippen LogP contribution is -2.29. The maximum absolute atomic E-state index is 5.95. The maximum Gasteiger partial charge on any atom is 0.224 e. The molecule has 6 heteroatoms. The number of anilines is 1. The van der Waals surface area contributed by atoms with E-state index in [1.165, 1.54) is 6.20 Å². The molecule has 0 atom stereocenters. The molecule has 1 aromatic rings. The van der Waals surface area contributed by atoms with Crippen LogP contribution in [0.15, 0.2) is 6.20 Å². The van der Waals surface area contributed by atoms with Crippen molar-refractivity contribution in [1.29, 1.82) is 0 Å². The third-order valence-corrected chi connectivity index (χ3v) is 2.88. The number of hydrogen-bond acceptors (Lipinski definition) is 4. The van der Waals surface area contributed by atoms with Crippen LogP contribution in [0.2, 0.25) is 10.3 Å². The van der Waals surface area contributed by atoms with E-state index in [4.69, 9.17) is 23.2 Å². The van der Waals surface area contributed by atoms with Crippen LogP contribution in [0.1, 0.15) is 20.3 Å². The molecular formula is C11H18Cl2N4. The summed E-state index contributed by atoms with van der Waals surface area (Å²) < 4.78 is 0. The van der Waals surface area contributed by atoms with Gasteiger partial charge in [0.25, 0.3) is 0 Å². The molecule has 0 amide bonds. The minimum atomic E-state index is 0.206. The number of rotatable bonds is 7. The van der Waals surface area contributed by atoms with Crippen LogP contribution in [0.5, 0.6) is 0 Å². The Kier molecular flexibility index (Phi) is 6.55. The lowest BCUT2D eigenvalue weighted by atomic mass is 10.4. The second kappa shape index (κ2) is 7.69. The highest BCUT2D eigenvalue weighted by molar-refractivity contribution is 6.33. The molecule has 0 bridgehead atoms. The van der Waals surface area contributed by atoms with Gasteiger partial charge in [-0.2, -0.15) is 4.98 Å². The molecule has 0 spiro atoms. The largest absolute Gasteiger partial charge is 0.367 e. The van der Waals surface area contributed by atoms with Crippen LogP contribution >= 0.6 is 23.2 Å². The van der Waals surface area contributed by atoms with E-state index in [1.807, 2.05) is 0 Å². The van der Waals surface area contributed by atoms with Gasteiger partial charge in [-0.25, -0.2) is 4.98 Å². The Balaban J connectivity index is 2.42. The van der Waals surface area contributed by atoms with Gasteiger partial charge in [0, 0.05) is 13.1 Å². The zero-order valence-corrected chi connectivity index (χ0v) is 11.7. The average Bonchev–Trinajstić information content (AvgIpc) is 2.32. The second-order valence-corrected chi connectivity index (χ2v) is 4.44. The zero-order valence-electron chi connectivity index (χ0n) is 10.2. The van der Waals surface area contributed by atoms with E-state index < -0.39 is 0 Å². The molecule has 17 heavy (non-hydrogen) atoms. The average molecular weight is 277 g/mol. The number of hydrogen-bond donors (Lipinski definition) is 1. The fourth-order valence-corrected chi connectivity index (χ4v) is 1.84. The van der Waals surface area contributed by atoms with E-state index in [0.717, 1.165) is 32.6 Å². The summed E-state index contributed by atoms with van der Waals surface area (Å²) in [5.74, 6) is 0.596. The van der Waals surface area contributed by atoms with Gasteiger partial charge in [0.05, 0.1) is 6.20 Å². The first-order valence-corrected chi connectivity index (χ1v) is 6.57. The van der Waals surface area contributed by atoms with Crippen molar-refractivity contribution >= 4 is 29.0 Å². The fourth-order valence-electron chi connectivity index (χ4n) is 1.55. The monoisotopic (exact) mass is 276 g/mol. The van der Waals surface area contributed by atoms with Crippen molar-refractivity contribution in [2.24, 2.45) is 0 Å².